The standard InChI is InChI=1S/C13H17NO2/c1-11(8-13(15)16-2)9-14-10-12-6-4-3-5-7-12/h3-8,14H,9-10H2,1-2H3/b11-8+. The number of carbonyl (C=O) groups excluding carboxylic acids is 1. The predicted octanol–water partition coefficient (Wildman–Crippen LogP) is 1.90. The molecule has 1 rings (SSSR count). The lowest BCUT2D eigenvalue weighted by atomic mass is 10.2. The van der Waals surface area contributed by atoms with Gasteiger partial charge in [-0.1, -0.05) is 35.9 Å². The number of carbonyl (C=O) groups is 1. The molecule has 3 heteroatoms. The van der Waals surface area contributed by atoms with Crippen LogP contribution in [0.4, 0.5) is 0 Å². The lowest BCUT2D eigenvalue weighted by Crippen LogP contribution is -2.16. The molecule has 0 aliphatic rings. The molecule has 3 nitrogen and oxygen atoms in total. The monoisotopic (exact) mass is 219 g/mol. The van der Waals surface area contributed by atoms with Crippen LogP contribution in [0.1, 0.15) is 12.5 Å². The van der Waals surface area contributed by atoms with Gasteiger partial charge in [-0.15, -0.1) is 0 Å². The zero-order valence-corrected chi connectivity index (χ0v) is 9.69. The second-order valence-electron chi connectivity index (χ2n) is 3.60. The van der Waals surface area contributed by atoms with Crippen molar-refractivity contribution in [2.24, 2.45) is 0 Å². The van der Waals surface area contributed by atoms with Gasteiger partial charge < -0.3 is 10.1 Å². The minimum atomic E-state index is -0.306. The fourth-order valence-electron chi connectivity index (χ4n) is 1.31. The first-order chi connectivity index (χ1) is 7.72. The minimum Gasteiger partial charge on any atom is -0.466 e. The topological polar surface area (TPSA) is 38.3 Å². The van der Waals surface area contributed by atoms with Crippen LogP contribution >= 0.6 is 0 Å². The smallest absolute Gasteiger partial charge is 0.330 e. The van der Waals surface area contributed by atoms with Crippen LogP contribution in [0.5, 0.6) is 0 Å². The summed E-state index contributed by atoms with van der Waals surface area (Å²) in [6.07, 6.45) is 1.50. The van der Waals surface area contributed by atoms with Gasteiger partial charge in [-0.25, -0.2) is 4.79 Å². The molecule has 0 unspecified atom stereocenters. The molecule has 0 aliphatic heterocycles. The van der Waals surface area contributed by atoms with Gasteiger partial charge in [0.2, 0.25) is 0 Å². The third-order valence-electron chi connectivity index (χ3n) is 2.14. The van der Waals surface area contributed by atoms with E-state index in [1.165, 1.54) is 18.7 Å². The molecule has 0 aromatic heterocycles. The van der Waals surface area contributed by atoms with Crippen molar-refractivity contribution in [1.29, 1.82) is 0 Å². The van der Waals surface area contributed by atoms with E-state index < -0.39 is 0 Å². The number of hydrogen-bond acceptors (Lipinski definition) is 3. The molecule has 0 saturated heterocycles. The third kappa shape index (κ3) is 4.75. The van der Waals surface area contributed by atoms with Crippen molar-refractivity contribution in [1.82, 2.24) is 5.32 Å². The zero-order chi connectivity index (χ0) is 11.8. The van der Waals surface area contributed by atoms with Crippen LogP contribution in [0.25, 0.3) is 0 Å². The highest BCUT2D eigenvalue weighted by atomic mass is 16.5. The number of ether oxygens (including phenoxy) is 1. The van der Waals surface area contributed by atoms with E-state index in [0.29, 0.717) is 6.54 Å². The molecular formula is C13H17NO2. The maximum atomic E-state index is 10.9. The van der Waals surface area contributed by atoms with E-state index >= 15 is 0 Å². The summed E-state index contributed by atoms with van der Waals surface area (Å²) >= 11 is 0. The summed E-state index contributed by atoms with van der Waals surface area (Å²) in [5.41, 5.74) is 2.19. The van der Waals surface area contributed by atoms with Gasteiger partial charge in [0.15, 0.2) is 0 Å². The second-order valence-corrected chi connectivity index (χ2v) is 3.60. The molecule has 0 bridgehead atoms. The van der Waals surface area contributed by atoms with Crippen LogP contribution in [0, 0.1) is 0 Å². The van der Waals surface area contributed by atoms with E-state index in [1.807, 2.05) is 25.1 Å². The molecule has 0 saturated carbocycles. The average molecular weight is 219 g/mol. The van der Waals surface area contributed by atoms with Crippen molar-refractivity contribution in [2.45, 2.75) is 13.5 Å². The van der Waals surface area contributed by atoms with E-state index in [4.69, 9.17) is 0 Å². The maximum absolute atomic E-state index is 10.9. The SMILES string of the molecule is COC(=O)/C=C(\C)CNCc1ccccc1. The zero-order valence-electron chi connectivity index (χ0n) is 9.69. The molecule has 0 fully saturated rings. The number of hydrogen-bond donors (Lipinski definition) is 1. The van der Waals surface area contributed by atoms with Crippen molar-refractivity contribution in [2.75, 3.05) is 13.7 Å². The van der Waals surface area contributed by atoms with Gasteiger partial charge >= 0.3 is 5.97 Å². The van der Waals surface area contributed by atoms with Gasteiger partial charge in [0.1, 0.15) is 0 Å². The Labute approximate surface area is 96.1 Å². The summed E-state index contributed by atoms with van der Waals surface area (Å²) in [5, 5.41) is 3.25. The van der Waals surface area contributed by atoms with Gasteiger partial charge in [0.05, 0.1) is 7.11 Å². The minimum absolute atomic E-state index is 0.306. The van der Waals surface area contributed by atoms with Crippen molar-refractivity contribution in [3.05, 3.63) is 47.5 Å². The largest absolute Gasteiger partial charge is 0.466 e. The van der Waals surface area contributed by atoms with Crippen molar-refractivity contribution >= 4 is 5.97 Å². The Morgan fingerprint density at radius 3 is 2.69 bits per heavy atom. The Balaban J connectivity index is 2.31. The molecule has 0 radical (unpaired) electrons. The van der Waals surface area contributed by atoms with E-state index in [-0.39, 0.29) is 5.97 Å². The highest BCUT2D eigenvalue weighted by Crippen LogP contribution is 1.98. The molecule has 0 aliphatic carbocycles. The van der Waals surface area contributed by atoms with Gasteiger partial charge in [-0.3, -0.25) is 0 Å². The van der Waals surface area contributed by atoms with Crippen molar-refractivity contribution in [3.8, 4) is 0 Å². The molecule has 0 atom stereocenters. The number of benzene rings is 1. The fourth-order valence-corrected chi connectivity index (χ4v) is 1.31. The molecule has 1 aromatic carbocycles. The van der Waals surface area contributed by atoms with Crippen LogP contribution in [0.15, 0.2) is 42.0 Å². The summed E-state index contributed by atoms with van der Waals surface area (Å²) in [6, 6.07) is 10.1. The Morgan fingerprint density at radius 2 is 2.06 bits per heavy atom. The molecule has 1 aromatic rings. The molecule has 1 N–H and O–H groups in total. The molecule has 0 heterocycles. The average Bonchev–Trinajstić information content (AvgIpc) is 2.30. The first-order valence-corrected chi connectivity index (χ1v) is 5.22. The molecule has 0 amide bonds. The second kappa shape index (κ2) is 6.80. The Hall–Kier alpha value is -1.61. The van der Waals surface area contributed by atoms with Crippen molar-refractivity contribution < 1.29 is 9.53 Å². The molecule has 16 heavy (non-hydrogen) atoms. The first-order valence-electron chi connectivity index (χ1n) is 5.22. The molecule has 86 valence electrons. The van der Waals surface area contributed by atoms with E-state index in [0.717, 1.165) is 12.1 Å². The van der Waals surface area contributed by atoms with Gasteiger partial charge in [0.25, 0.3) is 0 Å². The molecular weight excluding hydrogens is 202 g/mol. The van der Waals surface area contributed by atoms with Crippen molar-refractivity contribution in [3.63, 3.8) is 0 Å². The summed E-state index contributed by atoms with van der Waals surface area (Å²) in [5.74, 6) is -0.306. The number of esters is 1. The Kier molecular flexibility index (Phi) is 5.29. The van der Waals surface area contributed by atoms with Crippen LogP contribution in [0.3, 0.4) is 0 Å². The van der Waals surface area contributed by atoms with E-state index in [1.54, 1.807) is 0 Å². The van der Waals surface area contributed by atoms with E-state index in [2.05, 4.69) is 22.2 Å². The maximum Gasteiger partial charge on any atom is 0.330 e. The summed E-state index contributed by atoms with van der Waals surface area (Å²) in [4.78, 5) is 10.9. The van der Waals surface area contributed by atoms with Crippen LogP contribution in [-0.2, 0) is 16.1 Å². The summed E-state index contributed by atoms with van der Waals surface area (Å²) < 4.78 is 4.54. The van der Waals surface area contributed by atoms with Crippen LogP contribution < -0.4 is 5.32 Å². The van der Waals surface area contributed by atoms with Gasteiger partial charge in [-0.2, -0.15) is 0 Å². The first kappa shape index (κ1) is 12.5. The highest BCUT2D eigenvalue weighted by molar-refractivity contribution is 5.82. The Morgan fingerprint density at radius 1 is 1.38 bits per heavy atom. The quantitative estimate of drug-likeness (QED) is 0.607. The summed E-state index contributed by atoms with van der Waals surface area (Å²) in [6.45, 7) is 3.38. The van der Waals surface area contributed by atoms with Crippen LogP contribution in [0.2, 0.25) is 0 Å². The lowest BCUT2D eigenvalue weighted by Gasteiger charge is -2.04. The normalized spacial score (nSPS) is 11.2. The number of nitrogens with one attached hydrogen (secondary N) is 1. The fraction of sp³-hybridized carbons (Fsp3) is 0.308. The lowest BCUT2D eigenvalue weighted by molar-refractivity contribution is -0.134. The Bertz CT molecular complexity index is 357. The molecule has 0 spiro atoms. The summed E-state index contributed by atoms with van der Waals surface area (Å²) in [7, 11) is 1.38. The third-order valence-corrected chi connectivity index (χ3v) is 2.14. The predicted molar refractivity (Wildman–Crippen MR) is 63.9 cm³/mol. The number of rotatable bonds is 5. The van der Waals surface area contributed by atoms with Gasteiger partial charge in [-0.05, 0) is 12.5 Å². The van der Waals surface area contributed by atoms with Gasteiger partial charge in [0, 0.05) is 19.2 Å². The van der Waals surface area contributed by atoms with E-state index in [9.17, 15) is 4.79 Å². The highest BCUT2D eigenvalue weighted by Gasteiger charge is 1.96. The van der Waals surface area contributed by atoms with Crippen LogP contribution in [-0.4, -0.2) is 19.6 Å². The number of methoxy groups -OCH3 is 1.